The van der Waals surface area contributed by atoms with Crippen molar-refractivity contribution >= 4 is 45.0 Å². The van der Waals surface area contributed by atoms with Crippen molar-refractivity contribution in [2.75, 3.05) is 6.61 Å². The molecule has 1 heterocycles. The highest BCUT2D eigenvalue weighted by molar-refractivity contribution is 7.16. The Morgan fingerprint density at radius 1 is 1.30 bits per heavy atom. The number of phenols is 1. The normalized spacial score (nSPS) is 13.5. The predicted octanol–water partition coefficient (Wildman–Crippen LogP) is 5.32. The molecule has 2 aromatic carbocycles. The molecule has 0 unspecified atom stereocenters. The van der Waals surface area contributed by atoms with E-state index in [2.05, 4.69) is 4.99 Å². The topological polar surface area (TPSA) is 102 Å². The van der Waals surface area contributed by atoms with Gasteiger partial charge in [-0.05, 0) is 61.1 Å². The number of nitro benzene ring substituents is 1. The SMILES string of the molecule is CCOC(=O)c1c(/N=C/c2c(O)ccc3cc([N+](=O)[O-])ccc23)sc2c1CCCC2. The molecule has 154 valence electrons. The van der Waals surface area contributed by atoms with E-state index < -0.39 is 4.92 Å². The summed E-state index contributed by atoms with van der Waals surface area (Å²) in [6.45, 7) is 2.06. The number of thiophene rings is 1. The minimum absolute atomic E-state index is 0.0131. The summed E-state index contributed by atoms with van der Waals surface area (Å²) in [4.78, 5) is 28.9. The van der Waals surface area contributed by atoms with Crippen LogP contribution >= 0.6 is 11.3 Å². The van der Waals surface area contributed by atoms with Gasteiger partial charge >= 0.3 is 5.97 Å². The molecule has 0 bridgehead atoms. The Balaban J connectivity index is 1.80. The van der Waals surface area contributed by atoms with E-state index in [1.807, 2.05) is 0 Å². The number of hydrogen-bond acceptors (Lipinski definition) is 7. The Labute approximate surface area is 176 Å². The fraction of sp³-hybridized carbons (Fsp3) is 0.273. The maximum absolute atomic E-state index is 12.6. The number of carbonyl (C=O) groups excluding carboxylic acids is 1. The zero-order valence-electron chi connectivity index (χ0n) is 16.4. The molecule has 1 aliphatic carbocycles. The second kappa shape index (κ2) is 8.23. The summed E-state index contributed by atoms with van der Waals surface area (Å²) < 4.78 is 5.26. The molecule has 0 atom stereocenters. The van der Waals surface area contributed by atoms with E-state index in [1.54, 1.807) is 19.1 Å². The molecule has 3 aromatic rings. The van der Waals surface area contributed by atoms with Gasteiger partial charge in [0, 0.05) is 28.8 Å². The molecule has 0 fully saturated rings. The molecule has 0 radical (unpaired) electrons. The highest BCUT2D eigenvalue weighted by Gasteiger charge is 2.26. The minimum Gasteiger partial charge on any atom is -0.507 e. The number of hydrogen-bond donors (Lipinski definition) is 1. The summed E-state index contributed by atoms with van der Waals surface area (Å²) >= 11 is 1.48. The minimum atomic E-state index is -0.457. The van der Waals surface area contributed by atoms with Crippen LogP contribution in [0.4, 0.5) is 10.7 Å². The number of phenolic OH excluding ortho intramolecular Hbond substituents is 1. The Hall–Kier alpha value is -3.26. The first-order chi connectivity index (χ1) is 14.5. The zero-order valence-corrected chi connectivity index (χ0v) is 17.2. The number of carbonyl (C=O) groups is 1. The Morgan fingerprint density at radius 3 is 2.87 bits per heavy atom. The number of non-ortho nitro benzene ring substituents is 1. The number of rotatable bonds is 5. The highest BCUT2D eigenvalue weighted by Crippen LogP contribution is 2.40. The average Bonchev–Trinajstić information content (AvgIpc) is 3.11. The first-order valence-electron chi connectivity index (χ1n) is 9.75. The summed E-state index contributed by atoms with van der Waals surface area (Å²) in [7, 11) is 0. The third-order valence-electron chi connectivity index (χ3n) is 5.18. The molecule has 30 heavy (non-hydrogen) atoms. The van der Waals surface area contributed by atoms with Crippen molar-refractivity contribution in [1.82, 2.24) is 0 Å². The molecule has 8 heteroatoms. The van der Waals surface area contributed by atoms with Gasteiger partial charge in [0.2, 0.25) is 0 Å². The maximum atomic E-state index is 12.6. The van der Waals surface area contributed by atoms with Gasteiger partial charge in [-0.15, -0.1) is 11.3 Å². The highest BCUT2D eigenvalue weighted by atomic mass is 32.1. The fourth-order valence-corrected chi connectivity index (χ4v) is 4.98. The van der Waals surface area contributed by atoms with Gasteiger partial charge in [-0.25, -0.2) is 9.79 Å². The van der Waals surface area contributed by atoms with Crippen LogP contribution in [0.15, 0.2) is 35.3 Å². The van der Waals surface area contributed by atoms with Crippen LogP contribution in [0.5, 0.6) is 5.75 Å². The van der Waals surface area contributed by atoms with Crippen molar-refractivity contribution in [3.8, 4) is 5.75 Å². The lowest BCUT2D eigenvalue weighted by Crippen LogP contribution is -2.09. The molecule has 4 rings (SSSR count). The second-order valence-corrected chi connectivity index (χ2v) is 8.11. The number of nitro groups is 1. The molecule has 0 aliphatic heterocycles. The summed E-state index contributed by atoms with van der Waals surface area (Å²) in [5.74, 6) is -0.360. The van der Waals surface area contributed by atoms with E-state index in [-0.39, 0.29) is 24.0 Å². The second-order valence-electron chi connectivity index (χ2n) is 7.03. The summed E-state index contributed by atoms with van der Waals surface area (Å²) in [5.41, 5.74) is 1.97. The van der Waals surface area contributed by atoms with Crippen LogP contribution in [-0.4, -0.2) is 28.8 Å². The number of esters is 1. The van der Waals surface area contributed by atoms with Gasteiger partial charge in [0.25, 0.3) is 5.69 Å². The number of fused-ring (bicyclic) bond motifs is 2. The van der Waals surface area contributed by atoms with Gasteiger partial charge in [-0.1, -0.05) is 6.07 Å². The van der Waals surface area contributed by atoms with Gasteiger partial charge in [0.1, 0.15) is 10.8 Å². The summed E-state index contributed by atoms with van der Waals surface area (Å²) in [5, 5.41) is 23.3. The number of aromatic hydroxyl groups is 1. The number of aliphatic imine (C=N–C) groups is 1. The van der Waals surface area contributed by atoms with Gasteiger partial charge in [0.15, 0.2) is 0 Å². The van der Waals surface area contributed by atoms with Crippen LogP contribution < -0.4 is 0 Å². The van der Waals surface area contributed by atoms with Crippen LogP contribution in [0.3, 0.4) is 0 Å². The Morgan fingerprint density at radius 2 is 2.10 bits per heavy atom. The van der Waals surface area contributed by atoms with Crippen molar-refractivity contribution in [2.24, 2.45) is 4.99 Å². The van der Waals surface area contributed by atoms with Crippen LogP contribution in [0.2, 0.25) is 0 Å². The van der Waals surface area contributed by atoms with Gasteiger partial charge in [-0.2, -0.15) is 0 Å². The summed E-state index contributed by atoms with van der Waals surface area (Å²) in [6, 6.07) is 7.56. The standard InChI is InChI=1S/C22H20N2O5S/c1-2-29-22(26)20-16-5-3-4-6-19(16)30-21(20)23-12-17-15-9-8-14(24(27)28)11-13(15)7-10-18(17)25/h7-12,25H,2-6H2,1H3/b23-12+. The average molecular weight is 424 g/mol. The summed E-state index contributed by atoms with van der Waals surface area (Å²) in [6.07, 6.45) is 5.39. The molecule has 0 saturated carbocycles. The molecule has 1 N–H and O–H groups in total. The fourth-order valence-electron chi connectivity index (χ4n) is 3.76. The predicted molar refractivity (Wildman–Crippen MR) is 116 cm³/mol. The lowest BCUT2D eigenvalue weighted by Gasteiger charge is -2.11. The molecule has 0 saturated heterocycles. The van der Waals surface area contributed by atoms with Crippen molar-refractivity contribution in [3.05, 3.63) is 62.0 Å². The number of benzene rings is 2. The van der Waals surface area contributed by atoms with E-state index in [4.69, 9.17) is 4.74 Å². The smallest absolute Gasteiger partial charge is 0.341 e. The van der Waals surface area contributed by atoms with Crippen molar-refractivity contribution in [3.63, 3.8) is 0 Å². The van der Waals surface area contributed by atoms with Crippen LogP contribution in [-0.2, 0) is 17.6 Å². The Kier molecular flexibility index (Phi) is 5.50. The van der Waals surface area contributed by atoms with E-state index in [0.717, 1.165) is 36.1 Å². The number of ether oxygens (including phenoxy) is 1. The van der Waals surface area contributed by atoms with E-state index in [1.165, 1.54) is 35.8 Å². The van der Waals surface area contributed by atoms with Gasteiger partial charge in [-0.3, -0.25) is 10.1 Å². The molecule has 1 aromatic heterocycles. The van der Waals surface area contributed by atoms with Crippen molar-refractivity contribution in [1.29, 1.82) is 0 Å². The third kappa shape index (κ3) is 3.66. The number of aryl methyl sites for hydroxylation is 1. The van der Waals surface area contributed by atoms with E-state index in [0.29, 0.717) is 26.9 Å². The van der Waals surface area contributed by atoms with E-state index in [9.17, 15) is 20.0 Å². The van der Waals surface area contributed by atoms with Crippen LogP contribution in [0.1, 0.15) is 46.1 Å². The molecule has 0 amide bonds. The number of nitrogens with zero attached hydrogens (tertiary/aromatic N) is 2. The molecule has 1 aliphatic rings. The van der Waals surface area contributed by atoms with Gasteiger partial charge in [0.05, 0.1) is 17.1 Å². The van der Waals surface area contributed by atoms with Crippen molar-refractivity contribution in [2.45, 2.75) is 32.6 Å². The van der Waals surface area contributed by atoms with E-state index >= 15 is 0 Å². The Bertz CT molecular complexity index is 1180. The first-order valence-corrected chi connectivity index (χ1v) is 10.6. The zero-order chi connectivity index (χ0) is 21.3. The lowest BCUT2D eigenvalue weighted by atomic mass is 9.95. The van der Waals surface area contributed by atoms with Gasteiger partial charge < -0.3 is 9.84 Å². The largest absolute Gasteiger partial charge is 0.507 e. The van der Waals surface area contributed by atoms with Crippen LogP contribution in [0, 0.1) is 10.1 Å². The lowest BCUT2D eigenvalue weighted by molar-refractivity contribution is -0.384. The molecular weight excluding hydrogens is 404 g/mol. The van der Waals surface area contributed by atoms with Crippen LogP contribution in [0.25, 0.3) is 10.8 Å². The molecule has 7 nitrogen and oxygen atoms in total. The first kappa shape index (κ1) is 20.0. The third-order valence-corrected chi connectivity index (χ3v) is 6.38. The van der Waals surface area contributed by atoms with Crippen molar-refractivity contribution < 1.29 is 19.6 Å². The molecular formula is C22H20N2O5S. The monoisotopic (exact) mass is 424 g/mol. The maximum Gasteiger partial charge on any atom is 0.341 e. The quantitative estimate of drug-likeness (QED) is 0.258. The molecule has 0 spiro atoms.